The first-order valence-electron chi connectivity index (χ1n) is 12.0. The molecule has 1 aliphatic rings. The van der Waals surface area contributed by atoms with Crippen LogP contribution in [0.4, 0.5) is 0 Å². The molecular weight excluding hydrogens is 418 g/mol. The van der Waals surface area contributed by atoms with Crippen LogP contribution in [-0.4, -0.2) is 59.1 Å². The Morgan fingerprint density at radius 1 is 1.21 bits per heavy atom. The van der Waals surface area contributed by atoms with E-state index in [1.54, 1.807) is 12.5 Å². The fourth-order valence-corrected chi connectivity index (χ4v) is 3.84. The fourth-order valence-electron chi connectivity index (χ4n) is 3.84. The summed E-state index contributed by atoms with van der Waals surface area (Å²) < 4.78 is 8.06. The Balaban J connectivity index is 1.80. The molecule has 0 aliphatic carbocycles. The standard InChI is InChI=1S/C25H37N5O3/c1-20(2)9-13-30-17-22-21(25(32)28-12-15-29-14-11-26-19-29)7-6-8-23(22)33-16-5-3-4-10-27-24(31)18-30/h6-8,11,14,19-20H,3-5,9-10,12-13,15-18H2,1-2H3,(H,27,31)(H,28,32). The molecule has 0 spiro atoms. The Kier molecular flexibility index (Phi) is 9.75. The summed E-state index contributed by atoms with van der Waals surface area (Å²) >= 11 is 0. The highest BCUT2D eigenvalue weighted by atomic mass is 16.5. The quantitative estimate of drug-likeness (QED) is 0.670. The van der Waals surface area contributed by atoms with Crippen LogP contribution >= 0.6 is 0 Å². The molecular formula is C25H37N5O3. The molecule has 33 heavy (non-hydrogen) atoms. The number of hydrogen-bond donors (Lipinski definition) is 2. The minimum Gasteiger partial charge on any atom is -0.493 e. The maximum atomic E-state index is 13.1. The molecule has 0 saturated heterocycles. The molecule has 8 heteroatoms. The molecule has 2 amide bonds. The molecule has 2 N–H and O–H groups in total. The van der Waals surface area contributed by atoms with Crippen molar-refractivity contribution in [3.05, 3.63) is 48.0 Å². The molecule has 3 rings (SSSR count). The van der Waals surface area contributed by atoms with Crippen molar-refractivity contribution in [2.45, 2.75) is 52.6 Å². The van der Waals surface area contributed by atoms with Crippen LogP contribution in [0.15, 0.2) is 36.9 Å². The Labute approximate surface area is 196 Å². The molecule has 0 bridgehead atoms. The third-order valence-electron chi connectivity index (χ3n) is 5.76. The van der Waals surface area contributed by atoms with Gasteiger partial charge >= 0.3 is 0 Å². The summed E-state index contributed by atoms with van der Waals surface area (Å²) in [5.41, 5.74) is 1.44. The van der Waals surface area contributed by atoms with Crippen LogP contribution in [0.5, 0.6) is 5.75 Å². The Morgan fingerprint density at radius 2 is 2.09 bits per heavy atom. The predicted molar refractivity (Wildman–Crippen MR) is 128 cm³/mol. The largest absolute Gasteiger partial charge is 0.493 e. The van der Waals surface area contributed by atoms with Crippen LogP contribution in [0.2, 0.25) is 0 Å². The molecule has 0 unspecified atom stereocenters. The number of amides is 2. The van der Waals surface area contributed by atoms with Crippen LogP contribution in [0, 0.1) is 5.92 Å². The number of aromatic nitrogens is 2. The highest BCUT2D eigenvalue weighted by Crippen LogP contribution is 2.25. The number of hydrogen-bond acceptors (Lipinski definition) is 5. The Hall–Kier alpha value is -2.87. The molecule has 2 heterocycles. The Bertz CT molecular complexity index is 882. The maximum Gasteiger partial charge on any atom is 0.251 e. The molecule has 0 radical (unpaired) electrons. The van der Waals surface area contributed by atoms with Crippen molar-refractivity contribution in [2.24, 2.45) is 5.92 Å². The van der Waals surface area contributed by atoms with Crippen LogP contribution in [0.1, 0.15) is 55.5 Å². The molecule has 1 aliphatic heterocycles. The second-order valence-corrected chi connectivity index (χ2v) is 8.99. The molecule has 2 aromatic rings. The van der Waals surface area contributed by atoms with Gasteiger partial charge in [-0.05, 0) is 50.3 Å². The lowest BCUT2D eigenvalue weighted by molar-refractivity contribution is -0.122. The zero-order chi connectivity index (χ0) is 23.5. The zero-order valence-electron chi connectivity index (χ0n) is 19.9. The molecule has 1 aromatic heterocycles. The van der Waals surface area contributed by atoms with Crippen molar-refractivity contribution >= 4 is 11.8 Å². The van der Waals surface area contributed by atoms with Gasteiger partial charge in [0, 0.05) is 49.7 Å². The summed E-state index contributed by atoms with van der Waals surface area (Å²) in [6.45, 7) is 8.36. The summed E-state index contributed by atoms with van der Waals surface area (Å²) in [5.74, 6) is 1.15. The molecule has 0 saturated carbocycles. The number of rotatable bonds is 7. The number of imidazole rings is 1. The summed E-state index contributed by atoms with van der Waals surface area (Å²) in [6, 6.07) is 5.64. The summed E-state index contributed by atoms with van der Waals surface area (Å²) in [5, 5.41) is 6.05. The summed E-state index contributed by atoms with van der Waals surface area (Å²) in [7, 11) is 0. The van der Waals surface area contributed by atoms with Crippen LogP contribution < -0.4 is 15.4 Å². The number of fused-ring (bicyclic) bond motifs is 1. The molecule has 0 fully saturated rings. The second kappa shape index (κ2) is 13.0. The molecule has 1 aromatic carbocycles. The van der Waals surface area contributed by atoms with E-state index in [0.29, 0.717) is 50.8 Å². The number of ether oxygens (including phenoxy) is 1. The minimum absolute atomic E-state index is 0.0303. The number of benzene rings is 1. The smallest absolute Gasteiger partial charge is 0.251 e. The lowest BCUT2D eigenvalue weighted by Gasteiger charge is -2.25. The maximum absolute atomic E-state index is 13.1. The molecule has 0 atom stereocenters. The summed E-state index contributed by atoms with van der Waals surface area (Å²) in [6.07, 6.45) is 9.14. The average Bonchev–Trinajstić information content (AvgIpc) is 3.30. The van der Waals surface area contributed by atoms with Gasteiger partial charge in [-0.15, -0.1) is 0 Å². The first kappa shape index (κ1) is 24.8. The topological polar surface area (TPSA) is 88.5 Å². The normalized spacial score (nSPS) is 16.0. The van der Waals surface area contributed by atoms with Gasteiger partial charge in [0.05, 0.1) is 19.5 Å². The summed E-state index contributed by atoms with van der Waals surface area (Å²) in [4.78, 5) is 31.8. The van der Waals surface area contributed by atoms with E-state index in [0.717, 1.165) is 43.5 Å². The third-order valence-corrected chi connectivity index (χ3v) is 5.76. The van der Waals surface area contributed by atoms with Crippen LogP contribution in [0.25, 0.3) is 0 Å². The number of nitrogens with one attached hydrogen (secondary N) is 2. The van der Waals surface area contributed by atoms with Gasteiger partial charge in [0.15, 0.2) is 0 Å². The number of carbonyl (C=O) groups excluding carboxylic acids is 2. The first-order chi connectivity index (χ1) is 16.0. The van der Waals surface area contributed by atoms with E-state index in [9.17, 15) is 9.59 Å². The second-order valence-electron chi connectivity index (χ2n) is 8.99. The average molecular weight is 456 g/mol. The van der Waals surface area contributed by atoms with Gasteiger partial charge in [-0.3, -0.25) is 14.5 Å². The molecule has 8 nitrogen and oxygen atoms in total. The van der Waals surface area contributed by atoms with Crippen LogP contribution in [-0.2, 0) is 17.9 Å². The van der Waals surface area contributed by atoms with Gasteiger partial charge in [0.25, 0.3) is 5.91 Å². The van der Waals surface area contributed by atoms with E-state index >= 15 is 0 Å². The monoisotopic (exact) mass is 455 g/mol. The predicted octanol–water partition coefficient (Wildman–Crippen LogP) is 2.84. The van der Waals surface area contributed by atoms with Crippen molar-refractivity contribution in [1.29, 1.82) is 0 Å². The zero-order valence-corrected chi connectivity index (χ0v) is 19.9. The SMILES string of the molecule is CC(C)CCN1CC(=O)NCCCCCOc2cccc(C(=O)NCCn3ccnc3)c2C1. The van der Waals surface area contributed by atoms with E-state index in [1.807, 2.05) is 29.0 Å². The number of carbonyl (C=O) groups is 2. The van der Waals surface area contributed by atoms with Crippen LogP contribution in [0.3, 0.4) is 0 Å². The van der Waals surface area contributed by atoms with Crippen molar-refractivity contribution in [2.75, 3.05) is 32.8 Å². The first-order valence-corrected chi connectivity index (χ1v) is 12.0. The van der Waals surface area contributed by atoms with E-state index in [2.05, 4.69) is 34.4 Å². The van der Waals surface area contributed by atoms with Crippen molar-refractivity contribution in [1.82, 2.24) is 25.1 Å². The lowest BCUT2D eigenvalue weighted by atomic mass is 10.0. The lowest BCUT2D eigenvalue weighted by Crippen LogP contribution is -2.38. The van der Waals surface area contributed by atoms with Gasteiger partial charge in [-0.25, -0.2) is 4.98 Å². The van der Waals surface area contributed by atoms with Gasteiger partial charge in [-0.1, -0.05) is 19.9 Å². The van der Waals surface area contributed by atoms with Gasteiger partial charge in [0.2, 0.25) is 5.91 Å². The van der Waals surface area contributed by atoms with E-state index < -0.39 is 0 Å². The van der Waals surface area contributed by atoms with Crippen molar-refractivity contribution < 1.29 is 14.3 Å². The van der Waals surface area contributed by atoms with E-state index in [-0.39, 0.29) is 11.8 Å². The van der Waals surface area contributed by atoms with Crippen molar-refractivity contribution in [3.63, 3.8) is 0 Å². The van der Waals surface area contributed by atoms with Gasteiger partial charge < -0.3 is 19.9 Å². The van der Waals surface area contributed by atoms with E-state index in [1.165, 1.54) is 0 Å². The molecule has 180 valence electrons. The number of nitrogens with zero attached hydrogens (tertiary/aromatic N) is 3. The fraction of sp³-hybridized carbons (Fsp3) is 0.560. The van der Waals surface area contributed by atoms with Gasteiger partial charge in [0.1, 0.15) is 5.75 Å². The van der Waals surface area contributed by atoms with Crippen molar-refractivity contribution in [3.8, 4) is 5.75 Å². The highest BCUT2D eigenvalue weighted by Gasteiger charge is 2.21. The van der Waals surface area contributed by atoms with Gasteiger partial charge in [-0.2, -0.15) is 0 Å². The minimum atomic E-state index is -0.131. The Morgan fingerprint density at radius 3 is 2.88 bits per heavy atom. The highest BCUT2D eigenvalue weighted by molar-refractivity contribution is 5.96. The van der Waals surface area contributed by atoms with E-state index in [4.69, 9.17) is 4.74 Å². The third kappa shape index (κ3) is 8.20.